The van der Waals surface area contributed by atoms with Gasteiger partial charge in [-0.15, -0.1) is 0 Å². The third kappa shape index (κ3) is 5.32. The predicted octanol–water partition coefficient (Wildman–Crippen LogP) is 5.45. The number of carbonyl (C=O) groups excluding carboxylic acids is 1. The summed E-state index contributed by atoms with van der Waals surface area (Å²) in [6.45, 7) is 2.81. The Morgan fingerprint density at radius 1 is 1.18 bits per heavy atom. The van der Waals surface area contributed by atoms with Crippen molar-refractivity contribution in [2.75, 3.05) is 50.1 Å². The fraction of sp³-hybridized carbons (Fsp3) is 0.417. The fourth-order valence-electron chi connectivity index (χ4n) is 4.21. The van der Waals surface area contributed by atoms with Crippen molar-refractivity contribution in [2.24, 2.45) is 0 Å². The highest BCUT2D eigenvalue weighted by Crippen LogP contribution is 2.35. The summed E-state index contributed by atoms with van der Waals surface area (Å²) in [5.74, 6) is -0.303. The average Bonchev–Trinajstić information content (AvgIpc) is 3.27. The Hall–Kier alpha value is -2.75. The maximum absolute atomic E-state index is 13.7. The van der Waals surface area contributed by atoms with Gasteiger partial charge in [-0.2, -0.15) is 0 Å². The van der Waals surface area contributed by atoms with Crippen LogP contribution in [-0.4, -0.2) is 61.0 Å². The number of hydrogen-bond donors (Lipinski definition) is 0. The van der Waals surface area contributed by atoms with Crippen LogP contribution in [0.25, 0.3) is 10.2 Å². The lowest BCUT2D eigenvalue weighted by molar-refractivity contribution is -0.384. The molecule has 10 heteroatoms. The summed E-state index contributed by atoms with van der Waals surface area (Å²) in [6, 6.07) is 10.4. The number of nitro groups is 1. The summed E-state index contributed by atoms with van der Waals surface area (Å²) in [5, 5.41) is 13.0. The van der Waals surface area contributed by atoms with Gasteiger partial charge in [0, 0.05) is 31.3 Å². The molecule has 0 bridgehead atoms. The molecule has 1 aromatic heterocycles. The summed E-state index contributed by atoms with van der Waals surface area (Å²) in [4.78, 5) is 35.5. The molecule has 1 aliphatic rings. The van der Waals surface area contributed by atoms with Crippen molar-refractivity contribution in [3.05, 3.63) is 57.1 Å². The van der Waals surface area contributed by atoms with Crippen LogP contribution in [-0.2, 0) is 0 Å². The lowest BCUT2D eigenvalue weighted by Gasteiger charge is -2.28. The SMILES string of the molecule is CN(C)CCCN(C(=O)c1ccc(N2CCCCC2)c([N+](=O)[O-])c1)c1nc2c(Cl)cccc2s1. The van der Waals surface area contributed by atoms with Gasteiger partial charge in [0.15, 0.2) is 5.13 Å². The molecule has 3 aromatic rings. The molecule has 0 aliphatic carbocycles. The molecule has 1 fully saturated rings. The van der Waals surface area contributed by atoms with Gasteiger partial charge in [0.25, 0.3) is 11.6 Å². The molecule has 0 unspecified atom stereocenters. The van der Waals surface area contributed by atoms with Gasteiger partial charge in [0.05, 0.1) is 14.6 Å². The van der Waals surface area contributed by atoms with Crippen molar-refractivity contribution in [3.63, 3.8) is 0 Å². The second kappa shape index (κ2) is 10.7. The fourth-order valence-corrected chi connectivity index (χ4v) is 5.50. The first kappa shape index (κ1) is 24.4. The first-order chi connectivity index (χ1) is 16.3. The minimum Gasteiger partial charge on any atom is -0.366 e. The van der Waals surface area contributed by atoms with Crippen molar-refractivity contribution in [3.8, 4) is 0 Å². The number of thiazole rings is 1. The van der Waals surface area contributed by atoms with E-state index in [1.165, 1.54) is 17.4 Å². The standard InChI is InChI=1S/C24H28ClN5O3S/c1-27(2)12-7-15-29(24-26-22-18(25)8-6-9-21(22)34-24)23(31)17-10-11-19(20(16-17)30(32)33)28-13-4-3-5-14-28/h6,8-11,16H,3-5,7,12-15H2,1-2H3. The monoisotopic (exact) mass is 501 g/mol. The zero-order chi connectivity index (χ0) is 24.2. The number of piperidine rings is 1. The molecule has 1 saturated heterocycles. The number of benzene rings is 2. The molecule has 180 valence electrons. The molecule has 0 N–H and O–H groups in total. The van der Waals surface area contributed by atoms with Crippen LogP contribution in [0, 0.1) is 10.1 Å². The zero-order valence-electron chi connectivity index (χ0n) is 19.4. The van der Waals surface area contributed by atoms with Gasteiger partial charge in [-0.3, -0.25) is 19.8 Å². The third-order valence-electron chi connectivity index (χ3n) is 5.94. The highest BCUT2D eigenvalue weighted by Gasteiger charge is 2.27. The molecule has 0 spiro atoms. The molecule has 4 rings (SSSR count). The molecule has 0 atom stereocenters. The second-order valence-electron chi connectivity index (χ2n) is 8.70. The molecule has 1 amide bonds. The van der Waals surface area contributed by atoms with Crippen LogP contribution in [0.5, 0.6) is 0 Å². The van der Waals surface area contributed by atoms with Gasteiger partial charge in [0.1, 0.15) is 11.2 Å². The Bertz CT molecular complexity index is 1190. The van der Waals surface area contributed by atoms with Crippen molar-refractivity contribution in [2.45, 2.75) is 25.7 Å². The minimum absolute atomic E-state index is 0.0339. The number of para-hydroxylation sites is 1. The Balaban J connectivity index is 1.69. The Morgan fingerprint density at radius 3 is 2.62 bits per heavy atom. The van der Waals surface area contributed by atoms with E-state index < -0.39 is 4.92 Å². The van der Waals surface area contributed by atoms with Crippen LogP contribution >= 0.6 is 22.9 Å². The maximum Gasteiger partial charge on any atom is 0.293 e. The number of rotatable bonds is 8. The minimum atomic E-state index is -0.394. The van der Waals surface area contributed by atoms with E-state index in [-0.39, 0.29) is 17.2 Å². The number of nitrogens with zero attached hydrogens (tertiary/aromatic N) is 5. The van der Waals surface area contributed by atoms with E-state index in [9.17, 15) is 14.9 Å². The summed E-state index contributed by atoms with van der Waals surface area (Å²) in [5.41, 5.74) is 1.48. The summed E-state index contributed by atoms with van der Waals surface area (Å²) < 4.78 is 0.888. The third-order valence-corrected chi connectivity index (χ3v) is 7.29. The number of aromatic nitrogens is 1. The first-order valence-corrected chi connectivity index (χ1v) is 12.6. The lowest BCUT2D eigenvalue weighted by Crippen LogP contribution is -2.34. The van der Waals surface area contributed by atoms with Crippen molar-refractivity contribution < 1.29 is 9.72 Å². The summed E-state index contributed by atoms with van der Waals surface area (Å²) >= 11 is 7.71. The van der Waals surface area contributed by atoms with Gasteiger partial charge in [-0.25, -0.2) is 4.98 Å². The largest absolute Gasteiger partial charge is 0.366 e. The highest BCUT2D eigenvalue weighted by atomic mass is 35.5. The zero-order valence-corrected chi connectivity index (χ0v) is 20.9. The van der Waals surface area contributed by atoms with E-state index in [0.29, 0.717) is 27.9 Å². The quantitative estimate of drug-likeness (QED) is 0.301. The molecule has 0 radical (unpaired) electrons. The first-order valence-electron chi connectivity index (χ1n) is 11.4. The topological polar surface area (TPSA) is 82.8 Å². The average molecular weight is 502 g/mol. The second-order valence-corrected chi connectivity index (χ2v) is 10.1. The molecular weight excluding hydrogens is 474 g/mol. The molecule has 2 aromatic carbocycles. The van der Waals surface area contributed by atoms with Gasteiger partial charge >= 0.3 is 0 Å². The number of anilines is 2. The number of hydrogen-bond acceptors (Lipinski definition) is 7. The van der Waals surface area contributed by atoms with Crippen LogP contribution < -0.4 is 9.80 Å². The maximum atomic E-state index is 13.7. The van der Waals surface area contributed by atoms with Gasteiger partial charge in [-0.05, 0) is 70.6 Å². The van der Waals surface area contributed by atoms with Gasteiger partial charge < -0.3 is 9.80 Å². The Kier molecular flexibility index (Phi) is 7.65. The number of nitro benzene ring substituents is 1. The Morgan fingerprint density at radius 2 is 1.94 bits per heavy atom. The number of halogens is 1. The number of amides is 1. The molecular formula is C24H28ClN5O3S. The normalized spacial score (nSPS) is 14.1. The molecule has 34 heavy (non-hydrogen) atoms. The summed E-state index contributed by atoms with van der Waals surface area (Å²) in [6.07, 6.45) is 3.89. The van der Waals surface area contributed by atoms with Crippen molar-refractivity contribution in [1.82, 2.24) is 9.88 Å². The van der Waals surface area contributed by atoms with Crippen LogP contribution in [0.4, 0.5) is 16.5 Å². The van der Waals surface area contributed by atoms with Gasteiger partial charge in [0.2, 0.25) is 0 Å². The van der Waals surface area contributed by atoms with E-state index in [2.05, 4.69) is 9.88 Å². The van der Waals surface area contributed by atoms with E-state index in [1.807, 2.05) is 31.1 Å². The van der Waals surface area contributed by atoms with Crippen molar-refractivity contribution in [1.29, 1.82) is 0 Å². The highest BCUT2D eigenvalue weighted by molar-refractivity contribution is 7.22. The van der Waals surface area contributed by atoms with E-state index >= 15 is 0 Å². The Labute approximate surface area is 207 Å². The van der Waals surface area contributed by atoms with Crippen molar-refractivity contribution >= 4 is 55.6 Å². The summed E-state index contributed by atoms with van der Waals surface area (Å²) in [7, 11) is 3.96. The van der Waals surface area contributed by atoms with Crippen LogP contribution in [0.15, 0.2) is 36.4 Å². The van der Waals surface area contributed by atoms with E-state index in [0.717, 1.165) is 50.0 Å². The van der Waals surface area contributed by atoms with E-state index in [1.54, 1.807) is 23.1 Å². The van der Waals surface area contributed by atoms with Crippen LogP contribution in [0.1, 0.15) is 36.0 Å². The van der Waals surface area contributed by atoms with Crippen LogP contribution in [0.2, 0.25) is 5.02 Å². The number of carbonyl (C=O) groups is 1. The lowest BCUT2D eigenvalue weighted by atomic mass is 10.1. The van der Waals surface area contributed by atoms with Gasteiger partial charge in [-0.1, -0.05) is 29.0 Å². The predicted molar refractivity (Wildman–Crippen MR) is 139 cm³/mol. The molecule has 2 heterocycles. The number of fused-ring (bicyclic) bond motifs is 1. The van der Waals surface area contributed by atoms with Crippen LogP contribution in [0.3, 0.4) is 0 Å². The smallest absolute Gasteiger partial charge is 0.293 e. The van der Waals surface area contributed by atoms with E-state index in [4.69, 9.17) is 11.6 Å². The molecule has 0 saturated carbocycles. The molecule has 1 aliphatic heterocycles. The molecule has 8 nitrogen and oxygen atoms in total.